The number of ether oxygens (including phenoxy) is 2. The van der Waals surface area contributed by atoms with Crippen molar-refractivity contribution in [1.82, 2.24) is 14.9 Å². The number of H-pyrrole nitrogens is 1. The first kappa shape index (κ1) is 21.4. The van der Waals surface area contributed by atoms with Crippen molar-refractivity contribution in [2.75, 3.05) is 13.2 Å². The van der Waals surface area contributed by atoms with Crippen LogP contribution in [0.25, 0.3) is 0 Å². The zero-order valence-electron chi connectivity index (χ0n) is 16.3. The summed E-state index contributed by atoms with van der Waals surface area (Å²) in [6, 6.07) is 3.67. The van der Waals surface area contributed by atoms with Gasteiger partial charge in [-0.25, -0.2) is 0 Å². The number of hydrogen-bond donors (Lipinski definition) is 1. The average molecular weight is 411 g/mol. The van der Waals surface area contributed by atoms with E-state index in [9.17, 15) is 0 Å². The first-order chi connectivity index (χ1) is 13.0. The van der Waals surface area contributed by atoms with Gasteiger partial charge < -0.3 is 9.47 Å². The lowest BCUT2D eigenvalue weighted by molar-refractivity contribution is 0.248. The molecule has 0 aliphatic carbocycles. The predicted molar refractivity (Wildman–Crippen MR) is 112 cm³/mol. The molecule has 6 nitrogen and oxygen atoms in total. The highest BCUT2D eigenvalue weighted by Crippen LogP contribution is 2.36. The van der Waals surface area contributed by atoms with Crippen LogP contribution in [-0.2, 0) is 6.42 Å². The third-order valence-corrected chi connectivity index (χ3v) is 4.23. The van der Waals surface area contributed by atoms with Gasteiger partial charge in [-0.3, -0.25) is 5.10 Å². The van der Waals surface area contributed by atoms with Crippen LogP contribution >= 0.6 is 23.8 Å². The van der Waals surface area contributed by atoms with Gasteiger partial charge in [0, 0.05) is 6.42 Å². The van der Waals surface area contributed by atoms with Crippen molar-refractivity contribution in [2.45, 2.75) is 47.0 Å². The van der Waals surface area contributed by atoms with Gasteiger partial charge in [0.2, 0.25) is 4.77 Å². The van der Waals surface area contributed by atoms with Gasteiger partial charge in [-0.15, -0.1) is 0 Å². The first-order valence-corrected chi connectivity index (χ1v) is 10.0. The van der Waals surface area contributed by atoms with Gasteiger partial charge in [-0.05, 0) is 49.2 Å². The van der Waals surface area contributed by atoms with Crippen molar-refractivity contribution in [1.29, 1.82) is 0 Å². The van der Waals surface area contributed by atoms with Gasteiger partial charge in [-0.1, -0.05) is 38.8 Å². The second-order valence-corrected chi connectivity index (χ2v) is 7.37. The molecule has 0 saturated carbocycles. The monoisotopic (exact) mass is 410 g/mol. The van der Waals surface area contributed by atoms with Crippen molar-refractivity contribution in [3.05, 3.63) is 33.3 Å². The highest BCUT2D eigenvalue weighted by atomic mass is 35.5. The van der Waals surface area contributed by atoms with Crippen molar-refractivity contribution in [2.24, 2.45) is 11.0 Å². The Hall–Kier alpha value is -1.86. The van der Waals surface area contributed by atoms with Crippen molar-refractivity contribution in [3.63, 3.8) is 0 Å². The lowest BCUT2D eigenvalue weighted by Gasteiger charge is -2.15. The largest absolute Gasteiger partial charge is 0.490 e. The maximum absolute atomic E-state index is 6.43. The molecule has 2 aromatic rings. The van der Waals surface area contributed by atoms with Crippen LogP contribution in [0.1, 0.15) is 51.9 Å². The van der Waals surface area contributed by atoms with Gasteiger partial charge >= 0.3 is 0 Å². The van der Waals surface area contributed by atoms with Crippen LogP contribution in [0, 0.1) is 10.7 Å². The van der Waals surface area contributed by atoms with Gasteiger partial charge in [0.05, 0.1) is 24.5 Å². The summed E-state index contributed by atoms with van der Waals surface area (Å²) in [6.07, 6.45) is 4.61. The summed E-state index contributed by atoms with van der Waals surface area (Å²) >= 11 is 11.7. The third-order valence-electron chi connectivity index (χ3n) is 3.69. The molecule has 0 radical (unpaired) electrons. The summed E-state index contributed by atoms with van der Waals surface area (Å²) in [6.45, 7) is 9.31. The van der Waals surface area contributed by atoms with E-state index in [0.717, 1.165) is 30.7 Å². The number of unbranched alkanes of at least 4 members (excludes halogenated alkanes) is 1. The second-order valence-electron chi connectivity index (χ2n) is 6.57. The van der Waals surface area contributed by atoms with Gasteiger partial charge in [0.1, 0.15) is 0 Å². The van der Waals surface area contributed by atoms with Crippen LogP contribution in [0.4, 0.5) is 0 Å². The summed E-state index contributed by atoms with van der Waals surface area (Å²) in [4.78, 5) is 0. The van der Waals surface area contributed by atoms with E-state index < -0.39 is 0 Å². The molecule has 1 heterocycles. The minimum atomic E-state index is 0.390. The maximum atomic E-state index is 6.43. The third kappa shape index (κ3) is 6.07. The first-order valence-electron chi connectivity index (χ1n) is 9.26. The van der Waals surface area contributed by atoms with Gasteiger partial charge in [0.15, 0.2) is 17.3 Å². The standard InChI is InChI=1S/C19H27ClN4O2S/c1-5-7-8-17-22-23-19(27)24(17)21-11-14-9-15(20)18(26-12-13(3)4)16(10-14)25-6-2/h9-11,13H,5-8,12H2,1-4H3,(H,23,27)/b21-11-. The molecule has 1 aromatic heterocycles. The van der Waals surface area contributed by atoms with E-state index in [1.165, 1.54) is 0 Å². The van der Waals surface area contributed by atoms with Crippen LogP contribution in [-0.4, -0.2) is 34.3 Å². The topological polar surface area (TPSA) is 64.4 Å². The van der Waals surface area contributed by atoms with E-state index in [0.29, 0.717) is 40.4 Å². The highest BCUT2D eigenvalue weighted by molar-refractivity contribution is 7.71. The fourth-order valence-electron chi connectivity index (χ4n) is 2.38. The summed E-state index contributed by atoms with van der Waals surface area (Å²) < 4.78 is 13.6. The zero-order valence-corrected chi connectivity index (χ0v) is 17.9. The molecule has 0 aliphatic heterocycles. The number of rotatable bonds is 10. The molecule has 0 atom stereocenters. The van der Waals surface area contributed by atoms with Crippen molar-refractivity contribution < 1.29 is 9.47 Å². The lowest BCUT2D eigenvalue weighted by Crippen LogP contribution is -2.07. The van der Waals surface area contributed by atoms with E-state index in [1.807, 2.05) is 13.0 Å². The van der Waals surface area contributed by atoms with Crippen molar-refractivity contribution in [3.8, 4) is 11.5 Å². The fourth-order valence-corrected chi connectivity index (χ4v) is 2.85. The van der Waals surface area contributed by atoms with Crippen LogP contribution in [0.2, 0.25) is 5.02 Å². The Morgan fingerprint density at radius 1 is 1.33 bits per heavy atom. The molecule has 148 valence electrons. The van der Waals surface area contributed by atoms with E-state index in [2.05, 4.69) is 36.1 Å². The molecule has 1 aromatic carbocycles. The minimum Gasteiger partial charge on any atom is -0.490 e. The molecular formula is C19H27ClN4O2S. The molecular weight excluding hydrogens is 384 g/mol. The summed E-state index contributed by atoms with van der Waals surface area (Å²) in [5.41, 5.74) is 0.796. The molecule has 2 rings (SSSR count). The quantitative estimate of drug-likeness (QED) is 0.429. The molecule has 0 fully saturated rings. The molecule has 8 heteroatoms. The minimum absolute atomic E-state index is 0.390. The smallest absolute Gasteiger partial charge is 0.216 e. The van der Waals surface area contributed by atoms with E-state index >= 15 is 0 Å². The second kappa shape index (κ2) is 10.5. The normalized spacial score (nSPS) is 11.5. The zero-order chi connectivity index (χ0) is 19.8. The molecule has 27 heavy (non-hydrogen) atoms. The van der Waals surface area contributed by atoms with E-state index in [1.54, 1.807) is 17.0 Å². The van der Waals surface area contributed by atoms with Gasteiger partial charge in [-0.2, -0.15) is 14.9 Å². The maximum Gasteiger partial charge on any atom is 0.216 e. The molecule has 0 amide bonds. The summed E-state index contributed by atoms with van der Waals surface area (Å²) in [5, 5.41) is 12.0. The predicted octanol–water partition coefficient (Wildman–Crippen LogP) is 5.25. The van der Waals surface area contributed by atoms with Crippen LogP contribution in [0.3, 0.4) is 0 Å². The van der Waals surface area contributed by atoms with Crippen LogP contribution in [0.15, 0.2) is 17.2 Å². The number of aryl methyl sites for hydroxylation is 1. The van der Waals surface area contributed by atoms with E-state index in [4.69, 9.17) is 33.3 Å². The lowest BCUT2D eigenvalue weighted by atomic mass is 10.2. The fraction of sp³-hybridized carbons (Fsp3) is 0.526. The molecule has 0 spiro atoms. The SMILES string of the molecule is CCCCc1n[nH]c(=S)n1/N=C\c1cc(Cl)c(OCC(C)C)c(OCC)c1. The molecule has 1 N–H and O–H groups in total. The summed E-state index contributed by atoms with van der Waals surface area (Å²) in [5.74, 6) is 2.37. The van der Waals surface area contributed by atoms with Crippen LogP contribution in [0.5, 0.6) is 11.5 Å². The Morgan fingerprint density at radius 3 is 2.78 bits per heavy atom. The van der Waals surface area contributed by atoms with Crippen molar-refractivity contribution >= 4 is 30.0 Å². The molecule has 0 unspecified atom stereocenters. The average Bonchev–Trinajstić information content (AvgIpc) is 2.97. The van der Waals surface area contributed by atoms with Crippen LogP contribution < -0.4 is 9.47 Å². The molecule has 0 bridgehead atoms. The van der Waals surface area contributed by atoms with E-state index in [-0.39, 0.29) is 0 Å². The highest BCUT2D eigenvalue weighted by Gasteiger charge is 2.13. The Morgan fingerprint density at radius 2 is 2.11 bits per heavy atom. The Labute approximate surface area is 170 Å². The number of aromatic amines is 1. The Kier molecular flexibility index (Phi) is 8.31. The number of nitrogens with zero attached hydrogens (tertiary/aromatic N) is 3. The number of nitrogens with one attached hydrogen (secondary N) is 1. The Bertz CT molecular complexity index is 830. The molecule has 0 saturated heterocycles. The molecule has 0 aliphatic rings. The number of benzene rings is 1. The number of hydrogen-bond acceptors (Lipinski definition) is 5. The summed E-state index contributed by atoms with van der Waals surface area (Å²) in [7, 11) is 0. The number of halogens is 1. The Balaban J connectivity index is 2.30. The number of aromatic nitrogens is 3. The van der Waals surface area contributed by atoms with Gasteiger partial charge in [0.25, 0.3) is 0 Å².